The van der Waals surface area contributed by atoms with E-state index in [1.165, 1.54) is 12.1 Å². The molecule has 26 heavy (non-hydrogen) atoms. The molecule has 1 amide bonds. The first-order valence-electron chi connectivity index (χ1n) is 8.49. The maximum Gasteiger partial charge on any atom is 0.387 e. The highest BCUT2D eigenvalue weighted by Crippen LogP contribution is 2.20. The SMILES string of the molecule is Cn1c2c(cc(C(=O)NCc3cccc(OC(F)F)c3)c1=O)CCCC2. The first-order valence-corrected chi connectivity index (χ1v) is 8.49. The monoisotopic (exact) mass is 362 g/mol. The molecule has 1 aliphatic rings. The minimum Gasteiger partial charge on any atom is -0.435 e. The van der Waals surface area contributed by atoms with Crippen molar-refractivity contribution in [2.75, 3.05) is 0 Å². The van der Waals surface area contributed by atoms with E-state index >= 15 is 0 Å². The largest absolute Gasteiger partial charge is 0.435 e. The van der Waals surface area contributed by atoms with Crippen molar-refractivity contribution in [2.45, 2.75) is 38.8 Å². The molecule has 7 heteroatoms. The molecule has 0 saturated carbocycles. The Morgan fingerprint density at radius 3 is 2.81 bits per heavy atom. The van der Waals surface area contributed by atoms with Gasteiger partial charge in [-0.3, -0.25) is 9.59 Å². The molecule has 0 atom stereocenters. The number of aryl methyl sites for hydroxylation is 1. The highest BCUT2D eigenvalue weighted by atomic mass is 19.3. The van der Waals surface area contributed by atoms with Crippen LogP contribution in [-0.2, 0) is 26.4 Å². The van der Waals surface area contributed by atoms with E-state index in [0.29, 0.717) is 5.56 Å². The topological polar surface area (TPSA) is 60.3 Å². The molecule has 0 saturated heterocycles. The summed E-state index contributed by atoms with van der Waals surface area (Å²) in [4.78, 5) is 24.9. The number of nitrogens with zero attached hydrogens (tertiary/aromatic N) is 1. The summed E-state index contributed by atoms with van der Waals surface area (Å²) in [7, 11) is 1.69. The Balaban J connectivity index is 1.75. The van der Waals surface area contributed by atoms with Gasteiger partial charge in [0.1, 0.15) is 11.3 Å². The molecule has 1 aromatic carbocycles. The molecule has 1 aromatic heterocycles. The number of carbonyl (C=O) groups excluding carboxylic acids is 1. The minimum absolute atomic E-state index is 0.0245. The highest BCUT2D eigenvalue weighted by Gasteiger charge is 2.19. The Morgan fingerprint density at radius 2 is 2.04 bits per heavy atom. The van der Waals surface area contributed by atoms with Crippen LogP contribution >= 0.6 is 0 Å². The van der Waals surface area contributed by atoms with Crippen LogP contribution < -0.4 is 15.6 Å². The van der Waals surface area contributed by atoms with Crippen LogP contribution in [0.25, 0.3) is 0 Å². The quantitative estimate of drug-likeness (QED) is 0.890. The lowest BCUT2D eigenvalue weighted by Crippen LogP contribution is -2.34. The van der Waals surface area contributed by atoms with Crippen molar-refractivity contribution in [3.8, 4) is 5.75 Å². The smallest absolute Gasteiger partial charge is 0.387 e. The van der Waals surface area contributed by atoms with Crippen molar-refractivity contribution >= 4 is 5.91 Å². The van der Waals surface area contributed by atoms with Gasteiger partial charge in [0, 0.05) is 19.3 Å². The fraction of sp³-hybridized carbons (Fsp3) is 0.368. The molecule has 0 radical (unpaired) electrons. The molecule has 1 N–H and O–H groups in total. The Hall–Kier alpha value is -2.70. The maximum atomic E-state index is 12.5. The van der Waals surface area contributed by atoms with Crippen molar-refractivity contribution < 1.29 is 18.3 Å². The van der Waals surface area contributed by atoms with Crippen LogP contribution in [-0.4, -0.2) is 17.1 Å². The van der Waals surface area contributed by atoms with E-state index in [9.17, 15) is 18.4 Å². The number of aromatic nitrogens is 1. The highest BCUT2D eigenvalue weighted by molar-refractivity contribution is 5.94. The number of ether oxygens (including phenoxy) is 1. The molecule has 3 rings (SSSR count). The van der Waals surface area contributed by atoms with Gasteiger partial charge in [-0.1, -0.05) is 12.1 Å². The Morgan fingerprint density at radius 1 is 1.27 bits per heavy atom. The standard InChI is InChI=1S/C19H20F2N2O3/c1-23-16-8-3-2-6-13(16)10-15(18(23)25)17(24)22-11-12-5-4-7-14(9-12)26-19(20)21/h4-5,7,9-10,19H,2-3,6,8,11H2,1H3,(H,22,24). The molecule has 0 bridgehead atoms. The number of halogens is 2. The molecular weight excluding hydrogens is 342 g/mol. The number of pyridine rings is 1. The normalized spacial score (nSPS) is 13.4. The second kappa shape index (κ2) is 7.68. The number of nitrogens with one attached hydrogen (secondary N) is 1. The zero-order chi connectivity index (χ0) is 18.7. The van der Waals surface area contributed by atoms with Gasteiger partial charge in [-0.25, -0.2) is 0 Å². The second-order valence-electron chi connectivity index (χ2n) is 6.31. The van der Waals surface area contributed by atoms with Gasteiger partial charge >= 0.3 is 6.61 Å². The van der Waals surface area contributed by atoms with Gasteiger partial charge in [-0.05, 0) is 55.0 Å². The van der Waals surface area contributed by atoms with Crippen LogP contribution in [0, 0.1) is 0 Å². The predicted molar refractivity (Wildman–Crippen MR) is 92.6 cm³/mol. The summed E-state index contributed by atoms with van der Waals surface area (Å²) >= 11 is 0. The Bertz CT molecular complexity index is 878. The van der Waals surface area contributed by atoms with Crippen molar-refractivity contribution in [3.05, 3.63) is 63.1 Å². The first-order chi connectivity index (χ1) is 12.5. The average molecular weight is 362 g/mol. The average Bonchev–Trinajstić information content (AvgIpc) is 2.62. The van der Waals surface area contributed by atoms with E-state index in [4.69, 9.17) is 0 Å². The third kappa shape index (κ3) is 3.92. The van der Waals surface area contributed by atoms with Gasteiger partial charge in [-0.2, -0.15) is 8.78 Å². The van der Waals surface area contributed by atoms with E-state index < -0.39 is 12.5 Å². The van der Waals surface area contributed by atoms with E-state index in [1.807, 2.05) is 0 Å². The molecule has 1 aliphatic carbocycles. The minimum atomic E-state index is -2.90. The number of fused-ring (bicyclic) bond motifs is 1. The molecule has 1 heterocycles. The van der Waals surface area contributed by atoms with Gasteiger partial charge < -0.3 is 14.6 Å². The van der Waals surface area contributed by atoms with Gasteiger partial charge in [-0.15, -0.1) is 0 Å². The van der Waals surface area contributed by atoms with E-state index in [2.05, 4.69) is 10.1 Å². The Labute approximate surface area is 149 Å². The van der Waals surface area contributed by atoms with Crippen LogP contribution in [0.5, 0.6) is 5.75 Å². The van der Waals surface area contributed by atoms with E-state index in [-0.39, 0.29) is 23.4 Å². The van der Waals surface area contributed by atoms with Crippen LogP contribution in [0.1, 0.15) is 40.0 Å². The number of alkyl halides is 2. The number of rotatable bonds is 5. The fourth-order valence-electron chi connectivity index (χ4n) is 3.26. The van der Waals surface area contributed by atoms with Crippen LogP contribution in [0.3, 0.4) is 0 Å². The summed E-state index contributed by atoms with van der Waals surface area (Å²) in [5, 5.41) is 2.68. The fourth-order valence-corrected chi connectivity index (χ4v) is 3.26. The van der Waals surface area contributed by atoms with Crippen molar-refractivity contribution in [1.82, 2.24) is 9.88 Å². The summed E-state index contributed by atoms with van der Waals surface area (Å²) in [5.41, 5.74) is 2.42. The molecule has 0 fully saturated rings. The Kier molecular flexibility index (Phi) is 5.35. The zero-order valence-electron chi connectivity index (χ0n) is 14.4. The third-order valence-corrected chi connectivity index (χ3v) is 4.56. The lowest BCUT2D eigenvalue weighted by molar-refractivity contribution is -0.0498. The van der Waals surface area contributed by atoms with Gasteiger partial charge in [0.05, 0.1) is 0 Å². The summed E-state index contributed by atoms with van der Waals surface area (Å²) in [6.45, 7) is -2.79. The number of carbonyl (C=O) groups is 1. The first kappa shape index (κ1) is 18.1. The van der Waals surface area contributed by atoms with Crippen LogP contribution in [0.2, 0.25) is 0 Å². The molecule has 2 aromatic rings. The number of hydrogen-bond acceptors (Lipinski definition) is 3. The van der Waals surface area contributed by atoms with Crippen molar-refractivity contribution in [3.63, 3.8) is 0 Å². The molecule has 0 aliphatic heterocycles. The summed E-state index contributed by atoms with van der Waals surface area (Å²) < 4.78 is 30.5. The van der Waals surface area contributed by atoms with Gasteiger partial charge in [0.2, 0.25) is 0 Å². The third-order valence-electron chi connectivity index (χ3n) is 4.56. The van der Waals surface area contributed by atoms with E-state index in [0.717, 1.165) is 36.9 Å². The molecule has 0 unspecified atom stereocenters. The number of benzene rings is 1. The summed E-state index contributed by atoms with van der Waals surface area (Å²) in [6, 6.07) is 7.78. The number of amides is 1. The maximum absolute atomic E-state index is 12.5. The second-order valence-corrected chi connectivity index (χ2v) is 6.31. The van der Waals surface area contributed by atoms with Crippen molar-refractivity contribution in [2.24, 2.45) is 7.05 Å². The van der Waals surface area contributed by atoms with Gasteiger partial charge in [0.25, 0.3) is 11.5 Å². The summed E-state index contributed by atoms with van der Waals surface area (Å²) in [5.74, 6) is -0.449. The molecule has 138 valence electrons. The summed E-state index contributed by atoms with van der Waals surface area (Å²) in [6.07, 6.45) is 3.79. The van der Waals surface area contributed by atoms with Crippen LogP contribution in [0.4, 0.5) is 8.78 Å². The van der Waals surface area contributed by atoms with Crippen LogP contribution in [0.15, 0.2) is 35.1 Å². The number of hydrogen-bond donors (Lipinski definition) is 1. The lowest BCUT2D eigenvalue weighted by Gasteiger charge is -2.20. The lowest BCUT2D eigenvalue weighted by atomic mass is 9.94. The predicted octanol–water partition coefficient (Wildman–Crippen LogP) is 2.80. The molecule has 5 nitrogen and oxygen atoms in total. The molecular formula is C19H20F2N2O3. The van der Waals surface area contributed by atoms with Crippen molar-refractivity contribution in [1.29, 1.82) is 0 Å². The zero-order valence-corrected chi connectivity index (χ0v) is 14.4. The molecule has 0 spiro atoms. The van der Waals surface area contributed by atoms with Gasteiger partial charge in [0.15, 0.2) is 0 Å². The van der Waals surface area contributed by atoms with E-state index in [1.54, 1.807) is 29.8 Å².